The van der Waals surface area contributed by atoms with Crippen LogP contribution in [0.2, 0.25) is 5.02 Å². The van der Waals surface area contributed by atoms with E-state index in [0.29, 0.717) is 16.7 Å². The van der Waals surface area contributed by atoms with Gasteiger partial charge in [0.2, 0.25) is 5.88 Å². The molecule has 0 fully saturated rings. The normalized spacial score (nSPS) is 10.3. The van der Waals surface area contributed by atoms with Gasteiger partial charge in [0.1, 0.15) is 5.75 Å². The van der Waals surface area contributed by atoms with Crippen molar-refractivity contribution in [3.63, 3.8) is 0 Å². The smallest absolute Gasteiger partial charge is 0.219 e. The Hall–Kier alpha value is -1.58. The van der Waals surface area contributed by atoms with Crippen LogP contribution in [0.5, 0.6) is 11.6 Å². The number of aromatic nitrogens is 1. The lowest BCUT2D eigenvalue weighted by atomic mass is 10.2. The first-order chi connectivity index (χ1) is 8.17. The van der Waals surface area contributed by atoms with E-state index in [1.54, 1.807) is 30.3 Å². The first kappa shape index (κ1) is 11.9. The lowest BCUT2D eigenvalue weighted by Crippen LogP contribution is -1.93. The number of pyridine rings is 1. The van der Waals surface area contributed by atoms with Crippen molar-refractivity contribution < 1.29 is 9.84 Å². The van der Waals surface area contributed by atoms with Crippen LogP contribution in [-0.2, 0) is 6.61 Å². The lowest BCUT2D eigenvalue weighted by Gasteiger charge is -2.07. The quantitative estimate of drug-likeness (QED) is 0.907. The maximum atomic E-state index is 9.09. The first-order valence-electron chi connectivity index (χ1n) is 5.19. The molecule has 0 amide bonds. The van der Waals surface area contributed by atoms with Gasteiger partial charge in [-0.15, -0.1) is 0 Å². The summed E-state index contributed by atoms with van der Waals surface area (Å²) in [5.41, 5.74) is 1.57. The Kier molecular flexibility index (Phi) is 3.61. The van der Waals surface area contributed by atoms with E-state index in [9.17, 15) is 0 Å². The fourth-order valence-corrected chi connectivity index (χ4v) is 1.68. The summed E-state index contributed by atoms with van der Waals surface area (Å²) in [7, 11) is 0. The van der Waals surface area contributed by atoms with E-state index in [0.717, 1.165) is 11.3 Å². The van der Waals surface area contributed by atoms with Crippen molar-refractivity contribution in [1.29, 1.82) is 0 Å². The van der Waals surface area contributed by atoms with E-state index in [-0.39, 0.29) is 6.61 Å². The average molecular weight is 250 g/mol. The van der Waals surface area contributed by atoms with Crippen LogP contribution in [0.15, 0.2) is 36.4 Å². The first-order valence-corrected chi connectivity index (χ1v) is 5.57. The molecular formula is C13H12ClNO2. The Bertz CT molecular complexity index is 529. The van der Waals surface area contributed by atoms with Gasteiger partial charge in [-0.3, -0.25) is 0 Å². The molecule has 4 heteroatoms. The molecule has 0 saturated heterocycles. The van der Waals surface area contributed by atoms with Crippen LogP contribution in [0.3, 0.4) is 0 Å². The predicted octanol–water partition coefficient (Wildman–Crippen LogP) is 3.33. The van der Waals surface area contributed by atoms with Gasteiger partial charge in [0.25, 0.3) is 0 Å². The maximum Gasteiger partial charge on any atom is 0.219 e. The Balaban J connectivity index is 2.26. The molecule has 0 saturated carbocycles. The molecule has 0 radical (unpaired) electrons. The van der Waals surface area contributed by atoms with Gasteiger partial charge in [-0.1, -0.05) is 17.7 Å². The highest BCUT2D eigenvalue weighted by atomic mass is 35.5. The molecule has 0 unspecified atom stereocenters. The van der Waals surface area contributed by atoms with Crippen molar-refractivity contribution in [1.82, 2.24) is 4.98 Å². The summed E-state index contributed by atoms with van der Waals surface area (Å²) in [6.07, 6.45) is 0. The number of aryl methyl sites for hydroxylation is 1. The molecule has 1 heterocycles. The monoisotopic (exact) mass is 249 g/mol. The molecular weight excluding hydrogens is 238 g/mol. The number of ether oxygens (including phenoxy) is 1. The topological polar surface area (TPSA) is 42.4 Å². The molecule has 0 aliphatic rings. The molecule has 1 aromatic carbocycles. The fraction of sp³-hybridized carbons (Fsp3) is 0.154. The van der Waals surface area contributed by atoms with Gasteiger partial charge >= 0.3 is 0 Å². The second kappa shape index (κ2) is 5.17. The number of aliphatic hydroxyl groups is 1. The third-order valence-corrected chi connectivity index (χ3v) is 2.43. The van der Waals surface area contributed by atoms with Crippen LogP contribution in [0.4, 0.5) is 0 Å². The van der Waals surface area contributed by atoms with Crippen LogP contribution in [0, 0.1) is 6.92 Å². The Morgan fingerprint density at radius 1 is 1.29 bits per heavy atom. The van der Waals surface area contributed by atoms with Gasteiger partial charge in [0.05, 0.1) is 6.61 Å². The Morgan fingerprint density at radius 2 is 2.12 bits per heavy atom. The molecule has 2 aromatic rings. The molecule has 88 valence electrons. The molecule has 0 aliphatic heterocycles. The summed E-state index contributed by atoms with van der Waals surface area (Å²) >= 11 is 5.86. The SMILES string of the molecule is Cc1cc(CO)cc(Oc2cccc(Cl)c2)n1. The number of aliphatic hydroxyl groups excluding tert-OH is 1. The zero-order valence-electron chi connectivity index (χ0n) is 9.35. The summed E-state index contributed by atoms with van der Waals surface area (Å²) in [6, 6.07) is 10.6. The largest absolute Gasteiger partial charge is 0.439 e. The van der Waals surface area contributed by atoms with Gasteiger partial charge < -0.3 is 9.84 Å². The number of hydrogen-bond donors (Lipinski definition) is 1. The van der Waals surface area contributed by atoms with Crippen molar-refractivity contribution in [3.05, 3.63) is 52.7 Å². The number of benzene rings is 1. The highest BCUT2D eigenvalue weighted by molar-refractivity contribution is 6.30. The average Bonchev–Trinajstić information content (AvgIpc) is 2.28. The van der Waals surface area contributed by atoms with Crippen molar-refractivity contribution in [3.8, 4) is 11.6 Å². The zero-order valence-corrected chi connectivity index (χ0v) is 10.1. The van der Waals surface area contributed by atoms with Crippen molar-refractivity contribution in [2.24, 2.45) is 0 Å². The lowest BCUT2D eigenvalue weighted by molar-refractivity contribution is 0.281. The van der Waals surface area contributed by atoms with Gasteiger partial charge in [-0.25, -0.2) is 4.98 Å². The van der Waals surface area contributed by atoms with Gasteiger partial charge in [-0.05, 0) is 36.8 Å². The summed E-state index contributed by atoms with van der Waals surface area (Å²) in [4.78, 5) is 4.23. The number of halogens is 1. The number of hydrogen-bond acceptors (Lipinski definition) is 3. The molecule has 0 aliphatic carbocycles. The van der Waals surface area contributed by atoms with Crippen LogP contribution in [0.1, 0.15) is 11.3 Å². The second-order valence-corrected chi connectivity index (χ2v) is 4.11. The van der Waals surface area contributed by atoms with E-state index in [1.165, 1.54) is 0 Å². The molecule has 3 nitrogen and oxygen atoms in total. The van der Waals surface area contributed by atoms with Gasteiger partial charge in [-0.2, -0.15) is 0 Å². The van der Waals surface area contributed by atoms with E-state index in [1.807, 2.05) is 13.0 Å². The molecule has 17 heavy (non-hydrogen) atoms. The minimum Gasteiger partial charge on any atom is -0.439 e. The Labute approximate surface area is 105 Å². The van der Waals surface area contributed by atoms with Crippen molar-refractivity contribution >= 4 is 11.6 Å². The van der Waals surface area contributed by atoms with E-state index in [4.69, 9.17) is 21.4 Å². The predicted molar refractivity (Wildman–Crippen MR) is 66.4 cm³/mol. The maximum absolute atomic E-state index is 9.09. The minimum absolute atomic E-state index is 0.0325. The van der Waals surface area contributed by atoms with Crippen LogP contribution < -0.4 is 4.74 Å². The van der Waals surface area contributed by atoms with Crippen LogP contribution in [-0.4, -0.2) is 10.1 Å². The molecule has 1 aromatic heterocycles. The fourth-order valence-electron chi connectivity index (χ4n) is 1.50. The summed E-state index contributed by atoms with van der Waals surface area (Å²) in [6.45, 7) is 1.82. The molecule has 0 atom stereocenters. The van der Waals surface area contributed by atoms with Crippen LogP contribution >= 0.6 is 11.6 Å². The molecule has 1 N–H and O–H groups in total. The summed E-state index contributed by atoms with van der Waals surface area (Å²) in [5, 5.41) is 9.70. The Morgan fingerprint density at radius 3 is 2.82 bits per heavy atom. The summed E-state index contributed by atoms with van der Waals surface area (Å²) in [5.74, 6) is 1.08. The zero-order chi connectivity index (χ0) is 12.3. The van der Waals surface area contributed by atoms with E-state index >= 15 is 0 Å². The summed E-state index contributed by atoms with van der Waals surface area (Å²) < 4.78 is 5.58. The highest BCUT2D eigenvalue weighted by Crippen LogP contribution is 2.23. The number of rotatable bonds is 3. The van der Waals surface area contributed by atoms with E-state index in [2.05, 4.69) is 4.98 Å². The van der Waals surface area contributed by atoms with Crippen molar-refractivity contribution in [2.75, 3.05) is 0 Å². The molecule has 0 bridgehead atoms. The van der Waals surface area contributed by atoms with Crippen molar-refractivity contribution in [2.45, 2.75) is 13.5 Å². The van der Waals surface area contributed by atoms with Crippen LogP contribution in [0.25, 0.3) is 0 Å². The standard InChI is InChI=1S/C13H12ClNO2/c1-9-5-10(8-16)6-13(15-9)17-12-4-2-3-11(14)7-12/h2-7,16H,8H2,1H3. The molecule has 0 spiro atoms. The number of nitrogens with zero attached hydrogens (tertiary/aromatic N) is 1. The minimum atomic E-state index is -0.0325. The second-order valence-electron chi connectivity index (χ2n) is 3.67. The van der Waals surface area contributed by atoms with Gasteiger partial charge in [0.15, 0.2) is 0 Å². The molecule has 2 rings (SSSR count). The highest BCUT2D eigenvalue weighted by Gasteiger charge is 2.02. The van der Waals surface area contributed by atoms with E-state index < -0.39 is 0 Å². The van der Waals surface area contributed by atoms with Gasteiger partial charge in [0, 0.05) is 16.8 Å². The third kappa shape index (κ3) is 3.19. The third-order valence-electron chi connectivity index (χ3n) is 2.19.